The molecule has 0 heterocycles. The Balaban J connectivity index is 3.39. The molecule has 3 nitrogen and oxygen atoms in total. The Hall–Kier alpha value is -0.660. The van der Waals surface area contributed by atoms with Crippen LogP contribution in [0.25, 0.3) is 0 Å². The van der Waals surface area contributed by atoms with Crippen LogP contribution in [-0.2, 0) is 0 Å². The van der Waals surface area contributed by atoms with Gasteiger partial charge in [-0.25, -0.2) is 9.98 Å². The molecule has 0 aliphatic rings. The van der Waals surface area contributed by atoms with Crippen molar-refractivity contribution in [3.8, 4) is 0 Å². The molecule has 3 heteroatoms. The van der Waals surface area contributed by atoms with Gasteiger partial charge < -0.3 is 4.48 Å². The number of nitrogens with zero attached hydrogens (tertiary/aromatic N) is 3. The Morgan fingerprint density at radius 3 is 2.07 bits per heavy atom. The van der Waals surface area contributed by atoms with Gasteiger partial charge >= 0.3 is 0 Å². The minimum Gasteiger partial charge on any atom is -0.331 e. The predicted molar refractivity (Wildman–Crippen MR) is 62.0 cm³/mol. The normalized spacial score (nSPS) is 10.9. The molecule has 0 saturated heterocycles. The van der Waals surface area contributed by atoms with Gasteiger partial charge in [-0.3, -0.25) is 0 Å². The molecule has 0 N–H and O–H groups in total. The van der Waals surface area contributed by atoms with E-state index in [0.29, 0.717) is 0 Å². The summed E-state index contributed by atoms with van der Waals surface area (Å²) in [4.78, 5) is 8.19. The molecular weight excluding hydrogens is 174 g/mol. The Morgan fingerprint density at radius 2 is 1.57 bits per heavy atom. The summed E-state index contributed by atoms with van der Waals surface area (Å²) >= 11 is 0. The first-order chi connectivity index (χ1) is 6.56. The maximum Gasteiger partial charge on any atom is 0.0892 e. The molecule has 0 aromatic rings. The van der Waals surface area contributed by atoms with Crippen molar-refractivity contribution in [3.63, 3.8) is 0 Å². The fourth-order valence-electron chi connectivity index (χ4n) is 1.01. The monoisotopic (exact) mass is 198 g/mol. The van der Waals surface area contributed by atoms with E-state index < -0.39 is 0 Å². The maximum atomic E-state index is 4.12. The third-order valence-corrected chi connectivity index (χ3v) is 1.86. The standard InChI is InChI=1S/C11H24N3/c1-5-6-8-12-11-13-9-7-10-14(2,3)4/h5-10H2,1-4H3/q+1. The van der Waals surface area contributed by atoms with Crippen LogP contribution in [0, 0.1) is 0 Å². The fourth-order valence-corrected chi connectivity index (χ4v) is 1.01. The molecular formula is C11H24N3+. The van der Waals surface area contributed by atoms with Crippen molar-refractivity contribution in [2.24, 2.45) is 9.98 Å². The zero-order chi connectivity index (χ0) is 10.9. The second kappa shape index (κ2) is 7.72. The number of rotatable bonds is 7. The molecule has 0 unspecified atom stereocenters. The highest BCUT2D eigenvalue weighted by molar-refractivity contribution is 5.40. The molecule has 0 radical (unpaired) electrons. The zero-order valence-corrected chi connectivity index (χ0v) is 10.1. The lowest BCUT2D eigenvalue weighted by Gasteiger charge is -2.22. The van der Waals surface area contributed by atoms with E-state index in [9.17, 15) is 0 Å². The van der Waals surface area contributed by atoms with E-state index in [1.807, 2.05) is 0 Å². The van der Waals surface area contributed by atoms with Gasteiger partial charge in [0.25, 0.3) is 0 Å². The number of aliphatic imine (C=N–C) groups is 2. The second-order valence-electron chi connectivity index (χ2n) is 4.58. The molecule has 0 aliphatic heterocycles. The molecule has 14 heavy (non-hydrogen) atoms. The third-order valence-electron chi connectivity index (χ3n) is 1.86. The smallest absolute Gasteiger partial charge is 0.0892 e. The first-order valence-electron chi connectivity index (χ1n) is 5.44. The van der Waals surface area contributed by atoms with Crippen LogP contribution in [0.3, 0.4) is 0 Å². The SMILES string of the molecule is CCCCN=C=NCCC[N+](C)(C)C. The number of quaternary nitrogens is 1. The number of unbranched alkanes of at least 4 members (excludes halogenated alkanes) is 1. The van der Waals surface area contributed by atoms with Crippen LogP contribution in [0.4, 0.5) is 0 Å². The minimum atomic E-state index is 0.852. The van der Waals surface area contributed by atoms with Gasteiger partial charge in [0.05, 0.1) is 40.2 Å². The van der Waals surface area contributed by atoms with Crippen LogP contribution in [-0.4, -0.2) is 51.3 Å². The average Bonchev–Trinajstić information content (AvgIpc) is 2.08. The van der Waals surface area contributed by atoms with Crippen molar-refractivity contribution >= 4 is 6.01 Å². The summed E-state index contributed by atoms with van der Waals surface area (Å²) in [6.45, 7) is 5.04. The van der Waals surface area contributed by atoms with E-state index in [-0.39, 0.29) is 0 Å². The fraction of sp³-hybridized carbons (Fsp3) is 0.909. The van der Waals surface area contributed by atoms with Gasteiger partial charge in [-0.2, -0.15) is 0 Å². The zero-order valence-electron chi connectivity index (χ0n) is 10.1. The topological polar surface area (TPSA) is 24.7 Å². The summed E-state index contributed by atoms with van der Waals surface area (Å²) in [6, 6.07) is 2.75. The molecule has 0 aliphatic carbocycles. The van der Waals surface area contributed by atoms with Crippen LogP contribution < -0.4 is 0 Å². The second-order valence-corrected chi connectivity index (χ2v) is 4.58. The van der Waals surface area contributed by atoms with Gasteiger partial charge in [-0.15, -0.1) is 0 Å². The van der Waals surface area contributed by atoms with Gasteiger partial charge in [0.1, 0.15) is 0 Å². The van der Waals surface area contributed by atoms with Gasteiger partial charge in [-0.1, -0.05) is 13.3 Å². The first kappa shape index (κ1) is 13.3. The molecule has 0 rings (SSSR count). The van der Waals surface area contributed by atoms with Crippen LogP contribution in [0.2, 0.25) is 0 Å². The number of hydrogen-bond donors (Lipinski definition) is 0. The predicted octanol–water partition coefficient (Wildman–Crippen LogP) is 2.06. The first-order valence-corrected chi connectivity index (χ1v) is 5.44. The lowest BCUT2D eigenvalue weighted by molar-refractivity contribution is -0.870. The van der Waals surface area contributed by atoms with E-state index >= 15 is 0 Å². The summed E-state index contributed by atoms with van der Waals surface area (Å²) in [5.74, 6) is 0. The molecule has 0 spiro atoms. The summed E-state index contributed by atoms with van der Waals surface area (Å²) in [5, 5.41) is 0. The summed E-state index contributed by atoms with van der Waals surface area (Å²) in [6.07, 6.45) is 3.44. The third kappa shape index (κ3) is 11.3. The summed E-state index contributed by atoms with van der Waals surface area (Å²) in [5.41, 5.74) is 0. The van der Waals surface area contributed by atoms with Crippen molar-refractivity contribution < 1.29 is 4.48 Å². The lowest BCUT2D eigenvalue weighted by Crippen LogP contribution is -2.35. The molecule has 0 atom stereocenters. The quantitative estimate of drug-likeness (QED) is 0.340. The number of hydrogen-bond acceptors (Lipinski definition) is 2. The van der Waals surface area contributed by atoms with Gasteiger partial charge in [0, 0.05) is 13.0 Å². The van der Waals surface area contributed by atoms with Crippen LogP contribution in [0.5, 0.6) is 0 Å². The molecule has 82 valence electrons. The van der Waals surface area contributed by atoms with Crippen molar-refractivity contribution in [3.05, 3.63) is 0 Å². The lowest BCUT2D eigenvalue weighted by atomic mass is 10.3. The molecule has 0 saturated carbocycles. The van der Waals surface area contributed by atoms with E-state index in [1.54, 1.807) is 0 Å². The van der Waals surface area contributed by atoms with Gasteiger partial charge in [-0.05, 0) is 6.42 Å². The molecule has 0 fully saturated rings. The van der Waals surface area contributed by atoms with Crippen LogP contribution >= 0.6 is 0 Å². The Bertz CT molecular complexity index is 185. The van der Waals surface area contributed by atoms with E-state index in [2.05, 4.69) is 44.1 Å². The van der Waals surface area contributed by atoms with E-state index in [0.717, 1.165) is 37.0 Å². The van der Waals surface area contributed by atoms with Crippen LogP contribution in [0.1, 0.15) is 26.2 Å². The molecule has 0 bridgehead atoms. The highest BCUT2D eigenvalue weighted by Crippen LogP contribution is 1.92. The van der Waals surface area contributed by atoms with Crippen molar-refractivity contribution in [1.29, 1.82) is 0 Å². The Morgan fingerprint density at radius 1 is 1.00 bits per heavy atom. The Kier molecular flexibility index (Phi) is 7.35. The molecule has 0 aromatic heterocycles. The molecule has 0 amide bonds. The minimum absolute atomic E-state index is 0.852. The van der Waals surface area contributed by atoms with Crippen molar-refractivity contribution in [2.75, 3.05) is 40.8 Å². The van der Waals surface area contributed by atoms with Gasteiger partial charge in [0.2, 0.25) is 0 Å². The van der Waals surface area contributed by atoms with Crippen molar-refractivity contribution in [2.45, 2.75) is 26.2 Å². The summed E-state index contributed by atoms with van der Waals surface area (Å²) in [7, 11) is 6.58. The Labute approximate surface area is 88.1 Å². The summed E-state index contributed by atoms with van der Waals surface area (Å²) < 4.78 is 1.00. The van der Waals surface area contributed by atoms with Crippen LogP contribution in [0.15, 0.2) is 9.98 Å². The maximum absolute atomic E-state index is 4.12. The highest BCUT2D eigenvalue weighted by Gasteiger charge is 2.04. The van der Waals surface area contributed by atoms with Crippen molar-refractivity contribution in [1.82, 2.24) is 0 Å². The largest absolute Gasteiger partial charge is 0.331 e. The van der Waals surface area contributed by atoms with Gasteiger partial charge in [0.15, 0.2) is 0 Å². The van der Waals surface area contributed by atoms with E-state index in [1.165, 1.54) is 6.42 Å². The van der Waals surface area contributed by atoms with E-state index in [4.69, 9.17) is 0 Å². The molecule has 0 aromatic carbocycles. The highest BCUT2D eigenvalue weighted by atomic mass is 15.3. The average molecular weight is 198 g/mol.